The Bertz CT molecular complexity index is 4110. The second-order valence-electron chi connectivity index (χ2n) is 19.1. The van der Waals surface area contributed by atoms with Gasteiger partial charge < -0.3 is 13.9 Å². The fourth-order valence-corrected chi connectivity index (χ4v) is 17.6. The van der Waals surface area contributed by atoms with E-state index >= 15 is 0 Å². The monoisotopic (exact) mass is 920 g/mol. The summed E-state index contributed by atoms with van der Waals surface area (Å²) in [6, 6.07) is 99.4. The van der Waals surface area contributed by atoms with Crippen molar-refractivity contribution in [2.75, 3.05) is 0 Å². The van der Waals surface area contributed by atoms with Crippen molar-refractivity contribution in [2.24, 2.45) is 0 Å². The van der Waals surface area contributed by atoms with Crippen LogP contribution >= 0.6 is 0 Å². The summed E-state index contributed by atoms with van der Waals surface area (Å²) in [5.74, 6) is 1.77. The first-order valence-electron chi connectivity index (χ1n) is 24.6. The van der Waals surface area contributed by atoms with Crippen molar-refractivity contribution in [1.29, 1.82) is 0 Å². The van der Waals surface area contributed by atoms with Crippen LogP contribution in [0.2, 0.25) is 0 Å². The molecule has 0 saturated carbocycles. The van der Waals surface area contributed by atoms with Crippen LogP contribution < -0.4 is 25.5 Å². The lowest BCUT2D eigenvalue weighted by atomic mass is 9.62. The van der Waals surface area contributed by atoms with E-state index in [1.165, 1.54) is 92.3 Å². The van der Waals surface area contributed by atoms with E-state index in [-0.39, 0.29) is 0 Å². The predicted molar refractivity (Wildman–Crippen MR) is 296 cm³/mol. The van der Waals surface area contributed by atoms with Crippen LogP contribution in [0, 0.1) is 0 Å². The molecule has 0 bridgehead atoms. The van der Waals surface area contributed by atoms with Crippen LogP contribution in [-0.2, 0) is 5.41 Å². The molecule has 0 atom stereocenters. The maximum Gasteiger partial charge on any atom is 0.179 e. The van der Waals surface area contributed by atoms with Gasteiger partial charge >= 0.3 is 0 Å². The minimum atomic E-state index is -2.94. The fourth-order valence-electron chi connectivity index (χ4n) is 12.9. The maximum absolute atomic E-state index is 6.86. The molecule has 0 radical (unpaired) electrons. The van der Waals surface area contributed by atoms with Crippen LogP contribution in [0.15, 0.2) is 267 Å². The maximum atomic E-state index is 6.86. The molecule has 4 heteroatoms. The Morgan fingerprint density at radius 3 is 1.41 bits per heavy atom. The third kappa shape index (κ3) is 5.48. The minimum Gasteiger partial charge on any atom is -0.457 e. The number of rotatable bonds is 6. The molecule has 15 rings (SSSR count). The van der Waals surface area contributed by atoms with Gasteiger partial charge in [-0.05, 0) is 104 Å². The van der Waals surface area contributed by atoms with Gasteiger partial charge in [0.05, 0.1) is 33.2 Å². The lowest BCUT2D eigenvalue weighted by Crippen LogP contribution is -2.74. The molecule has 0 amide bonds. The molecular weight excluding hydrogens is 877 g/mol. The molecule has 0 saturated heterocycles. The van der Waals surface area contributed by atoms with E-state index in [9.17, 15) is 0 Å². The van der Waals surface area contributed by atoms with E-state index in [0.29, 0.717) is 0 Å². The van der Waals surface area contributed by atoms with E-state index in [1.807, 2.05) is 0 Å². The van der Waals surface area contributed by atoms with Gasteiger partial charge in [-0.15, -0.1) is 0 Å². The Balaban J connectivity index is 1.04. The number of nitrogens with zero attached hydrogens (tertiary/aromatic N) is 2. The average Bonchev–Trinajstić information content (AvgIpc) is 3.96. The highest BCUT2D eigenvalue weighted by Gasteiger charge is 2.51. The Kier molecular flexibility index (Phi) is 8.60. The Hall–Kier alpha value is -8.96. The molecular formula is C67H44N2OSi. The van der Waals surface area contributed by atoms with Crippen LogP contribution in [-0.4, -0.2) is 17.2 Å². The number of fused-ring (bicyclic) bond motifs is 14. The summed E-state index contributed by atoms with van der Waals surface area (Å²) in [6.45, 7) is 0. The van der Waals surface area contributed by atoms with Gasteiger partial charge in [0.15, 0.2) is 8.07 Å². The molecule has 13 aromatic rings. The molecule has 71 heavy (non-hydrogen) atoms. The Labute approximate surface area is 412 Å². The van der Waals surface area contributed by atoms with Gasteiger partial charge in [-0.25, -0.2) is 0 Å². The van der Waals surface area contributed by atoms with Gasteiger partial charge in [0.2, 0.25) is 0 Å². The zero-order valence-electron chi connectivity index (χ0n) is 38.7. The standard InChI is InChI=1S/C67H44N2OSi/c1-5-20-47(21-6-1)68-60-33-16-13-28-52(60)54-42-45(36-40-61(54)68)46-37-41-62-55(43-46)53-29-19-32-59-66(53)69(62)63-44-51(38-39-56(63)67(59)57-30-14-17-34-64(57)70-65-35-18-15-31-58(65)67)71(48-22-7-2-8-23-48,49-24-9-3-10-25-49)50-26-11-4-12-27-50/h1-44H. The van der Waals surface area contributed by atoms with Gasteiger partial charge in [0.1, 0.15) is 11.5 Å². The number of benzene rings is 11. The number of para-hydroxylation sites is 5. The first kappa shape index (κ1) is 40.0. The minimum absolute atomic E-state index is 0.680. The van der Waals surface area contributed by atoms with Crippen LogP contribution in [0.3, 0.4) is 0 Å². The van der Waals surface area contributed by atoms with Crippen molar-refractivity contribution in [3.05, 3.63) is 289 Å². The van der Waals surface area contributed by atoms with E-state index in [1.54, 1.807) is 0 Å². The molecule has 0 aliphatic carbocycles. The zero-order chi connectivity index (χ0) is 46.7. The number of aromatic nitrogens is 2. The number of hydrogen-bond donors (Lipinski definition) is 0. The van der Waals surface area contributed by atoms with Gasteiger partial charge in [0.25, 0.3) is 0 Å². The molecule has 332 valence electrons. The molecule has 0 N–H and O–H groups in total. The van der Waals surface area contributed by atoms with E-state index in [2.05, 4.69) is 276 Å². The molecule has 4 heterocycles. The smallest absolute Gasteiger partial charge is 0.179 e. The van der Waals surface area contributed by atoms with Crippen LogP contribution in [0.5, 0.6) is 11.5 Å². The summed E-state index contributed by atoms with van der Waals surface area (Å²) in [5, 5.41) is 10.3. The second kappa shape index (κ2) is 15.3. The SMILES string of the molecule is c1ccc(-n2c3ccccc3c3cc(-c4ccc5c(c4)c4cccc6c4n5-c4cc([Si](c5ccccc5)(c5ccccc5)c5ccccc5)ccc4C64c5ccccc5Oc5ccccc54)ccc32)cc1. The predicted octanol–water partition coefficient (Wildman–Crippen LogP) is 13.7. The Morgan fingerprint density at radius 1 is 0.310 bits per heavy atom. The fraction of sp³-hybridized carbons (Fsp3) is 0.0149. The van der Waals surface area contributed by atoms with Gasteiger partial charge in [0, 0.05) is 38.4 Å². The van der Waals surface area contributed by atoms with E-state index < -0.39 is 13.5 Å². The summed E-state index contributed by atoms with van der Waals surface area (Å²) in [5.41, 5.74) is 13.7. The zero-order valence-corrected chi connectivity index (χ0v) is 39.7. The summed E-state index contributed by atoms with van der Waals surface area (Å²) < 4.78 is 11.9. The molecule has 0 fully saturated rings. The lowest BCUT2D eigenvalue weighted by Gasteiger charge is -2.45. The third-order valence-corrected chi connectivity index (χ3v) is 20.5. The van der Waals surface area contributed by atoms with E-state index in [0.717, 1.165) is 28.3 Å². The van der Waals surface area contributed by atoms with Gasteiger partial charge in [-0.1, -0.05) is 206 Å². The van der Waals surface area contributed by atoms with Crippen molar-refractivity contribution >= 4 is 72.4 Å². The van der Waals surface area contributed by atoms with Crippen molar-refractivity contribution in [3.63, 3.8) is 0 Å². The van der Waals surface area contributed by atoms with E-state index in [4.69, 9.17) is 4.74 Å². The molecule has 3 nitrogen and oxygen atoms in total. The third-order valence-electron chi connectivity index (χ3n) is 15.7. The highest BCUT2D eigenvalue weighted by atomic mass is 28.3. The summed E-state index contributed by atoms with van der Waals surface area (Å²) >= 11 is 0. The molecule has 2 aromatic heterocycles. The highest BCUT2D eigenvalue weighted by Crippen LogP contribution is 2.60. The topological polar surface area (TPSA) is 19.1 Å². The largest absolute Gasteiger partial charge is 0.457 e. The molecule has 1 spiro atoms. The van der Waals surface area contributed by atoms with Crippen LogP contribution in [0.4, 0.5) is 0 Å². The molecule has 2 aliphatic rings. The van der Waals surface area contributed by atoms with Crippen molar-refractivity contribution in [2.45, 2.75) is 5.41 Å². The highest BCUT2D eigenvalue weighted by molar-refractivity contribution is 7.19. The van der Waals surface area contributed by atoms with Crippen molar-refractivity contribution < 1.29 is 4.74 Å². The lowest BCUT2D eigenvalue weighted by molar-refractivity contribution is 0.434. The van der Waals surface area contributed by atoms with Crippen LogP contribution in [0.25, 0.3) is 66.1 Å². The summed E-state index contributed by atoms with van der Waals surface area (Å²) in [7, 11) is -2.94. The molecule has 0 unspecified atom stereocenters. The quantitative estimate of drug-likeness (QED) is 0.120. The molecule has 11 aromatic carbocycles. The first-order chi connectivity index (χ1) is 35.2. The number of hydrogen-bond acceptors (Lipinski definition) is 1. The summed E-state index contributed by atoms with van der Waals surface area (Å²) in [6.07, 6.45) is 0. The number of ether oxygens (including phenoxy) is 1. The second-order valence-corrected chi connectivity index (χ2v) is 22.9. The normalized spacial score (nSPS) is 13.3. The average molecular weight is 921 g/mol. The van der Waals surface area contributed by atoms with Gasteiger partial charge in [-0.2, -0.15) is 0 Å². The van der Waals surface area contributed by atoms with Crippen molar-refractivity contribution in [3.8, 4) is 34.0 Å². The van der Waals surface area contributed by atoms with Crippen LogP contribution in [0.1, 0.15) is 22.3 Å². The van der Waals surface area contributed by atoms with Gasteiger partial charge in [-0.3, -0.25) is 0 Å². The Morgan fingerprint density at radius 2 is 0.789 bits per heavy atom. The summed E-state index contributed by atoms with van der Waals surface area (Å²) in [4.78, 5) is 0. The molecule has 2 aliphatic heterocycles. The van der Waals surface area contributed by atoms with Crippen molar-refractivity contribution in [1.82, 2.24) is 9.13 Å². The first-order valence-corrected chi connectivity index (χ1v) is 26.6.